The van der Waals surface area contributed by atoms with E-state index in [1.54, 1.807) is 0 Å². The summed E-state index contributed by atoms with van der Waals surface area (Å²) in [7, 11) is 0. The molecule has 1 saturated heterocycles. The molecule has 1 atom stereocenters. The van der Waals surface area contributed by atoms with E-state index in [0.29, 0.717) is 5.54 Å². The van der Waals surface area contributed by atoms with Crippen molar-refractivity contribution in [2.45, 2.75) is 38.6 Å². The van der Waals surface area contributed by atoms with Crippen LogP contribution >= 0.6 is 12.2 Å². The average molecular weight is 198 g/mol. The van der Waals surface area contributed by atoms with Crippen LogP contribution in [0.1, 0.15) is 33.1 Å². The van der Waals surface area contributed by atoms with Gasteiger partial charge >= 0.3 is 0 Å². The normalized spacial score (nSPS) is 30.3. The molecule has 0 radical (unpaired) electrons. The van der Waals surface area contributed by atoms with Gasteiger partial charge in [-0.1, -0.05) is 6.92 Å². The molecule has 0 amide bonds. The van der Waals surface area contributed by atoms with Gasteiger partial charge in [-0.25, -0.2) is 0 Å². The lowest BCUT2D eigenvalue weighted by molar-refractivity contribution is 0.469. The first-order chi connectivity index (χ1) is 6.09. The van der Waals surface area contributed by atoms with Gasteiger partial charge in [0, 0.05) is 18.6 Å². The number of nitrogens with zero attached hydrogens (tertiary/aromatic N) is 1. The monoisotopic (exact) mass is 198 g/mol. The maximum Gasteiger partial charge on any atom is 0.169 e. The summed E-state index contributed by atoms with van der Waals surface area (Å²) in [5.41, 5.74) is 0.336. The minimum atomic E-state index is 0.336. The van der Waals surface area contributed by atoms with E-state index < -0.39 is 0 Å². The van der Waals surface area contributed by atoms with Crippen molar-refractivity contribution in [3.05, 3.63) is 0 Å². The van der Waals surface area contributed by atoms with E-state index in [0.717, 1.165) is 24.1 Å². The van der Waals surface area contributed by atoms with Gasteiger partial charge < -0.3 is 10.2 Å². The number of hydrogen-bond donors (Lipinski definition) is 1. The molecule has 1 aliphatic heterocycles. The van der Waals surface area contributed by atoms with Crippen molar-refractivity contribution in [3.63, 3.8) is 0 Å². The Bertz CT molecular complexity index is 223. The van der Waals surface area contributed by atoms with Crippen LogP contribution in [0.25, 0.3) is 0 Å². The lowest BCUT2D eigenvalue weighted by atomic mass is 10.2. The summed E-state index contributed by atoms with van der Waals surface area (Å²) in [5.74, 6) is 0.812. The van der Waals surface area contributed by atoms with Crippen molar-refractivity contribution in [1.82, 2.24) is 10.2 Å². The van der Waals surface area contributed by atoms with E-state index in [1.807, 2.05) is 0 Å². The second kappa shape index (κ2) is 3.12. The topological polar surface area (TPSA) is 15.3 Å². The van der Waals surface area contributed by atoms with Crippen LogP contribution in [0, 0.1) is 5.92 Å². The highest BCUT2D eigenvalue weighted by atomic mass is 32.1. The third-order valence-electron chi connectivity index (χ3n) is 3.12. The summed E-state index contributed by atoms with van der Waals surface area (Å²) in [6.07, 6.45) is 3.84. The molecule has 0 bridgehead atoms. The Labute approximate surface area is 85.7 Å². The summed E-state index contributed by atoms with van der Waals surface area (Å²) in [6.45, 7) is 6.82. The van der Waals surface area contributed by atoms with Crippen LogP contribution in [0.4, 0.5) is 0 Å². The van der Waals surface area contributed by atoms with Crippen molar-refractivity contribution < 1.29 is 0 Å². The number of rotatable bonds is 1. The number of nitrogens with one attached hydrogen (secondary N) is 1. The highest BCUT2D eigenvalue weighted by Crippen LogP contribution is 2.34. The number of thiocarbonyl (C=S) groups is 1. The Kier molecular flexibility index (Phi) is 2.22. The minimum Gasteiger partial charge on any atom is -0.357 e. The molecule has 2 fully saturated rings. The molecule has 1 N–H and O–H groups in total. The first kappa shape index (κ1) is 9.25. The predicted octanol–water partition coefficient (Wildman–Crippen LogP) is 1.76. The summed E-state index contributed by atoms with van der Waals surface area (Å²) in [6, 6.07) is 0. The molecule has 0 aromatic rings. The van der Waals surface area contributed by atoms with Crippen molar-refractivity contribution in [3.8, 4) is 0 Å². The van der Waals surface area contributed by atoms with E-state index in [4.69, 9.17) is 12.2 Å². The van der Waals surface area contributed by atoms with Gasteiger partial charge in [-0.15, -0.1) is 0 Å². The molecule has 0 aromatic carbocycles. The van der Waals surface area contributed by atoms with Crippen LogP contribution in [0.3, 0.4) is 0 Å². The Morgan fingerprint density at radius 1 is 1.54 bits per heavy atom. The second-order valence-electron chi connectivity index (χ2n) is 4.83. The molecule has 74 valence electrons. The van der Waals surface area contributed by atoms with Gasteiger partial charge in [0.25, 0.3) is 0 Å². The van der Waals surface area contributed by atoms with Crippen molar-refractivity contribution in [2.75, 3.05) is 13.1 Å². The van der Waals surface area contributed by atoms with Gasteiger partial charge in [0.05, 0.1) is 0 Å². The summed E-state index contributed by atoms with van der Waals surface area (Å²) >= 11 is 5.37. The molecule has 2 nitrogen and oxygen atoms in total. The molecule has 1 unspecified atom stereocenters. The molecule has 0 spiro atoms. The first-order valence-electron chi connectivity index (χ1n) is 5.16. The first-order valence-corrected chi connectivity index (χ1v) is 5.57. The van der Waals surface area contributed by atoms with Gasteiger partial charge in [-0.2, -0.15) is 0 Å². The summed E-state index contributed by atoms with van der Waals surface area (Å²) in [5, 5.41) is 4.43. The van der Waals surface area contributed by atoms with Crippen molar-refractivity contribution in [1.29, 1.82) is 0 Å². The molecule has 1 aliphatic carbocycles. The van der Waals surface area contributed by atoms with Crippen LogP contribution < -0.4 is 5.32 Å². The van der Waals surface area contributed by atoms with Gasteiger partial charge in [0.1, 0.15) is 0 Å². The molecular formula is C10H18N2S. The van der Waals surface area contributed by atoms with Gasteiger partial charge in [0.15, 0.2) is 5.11 Å². The zero-order chi connectivity index (χ0) is 9.47. The molecule has 13 heavy (non-hydrogen) atoms. The fraction of sp³-hybridized carbons (Fsp3) is 0.900. The van der Waals surface area contributed by atoms with E-state index in [2.05, 4.69) is 24.1 Å². The van der Waals surface area contributed by atoms with Crippen LogP contribution in [0.2, 0.25) is 0 Å². The molecule has 2 rings (SSSR count). The predicted molar refractivity (Wildman–Crippen MR) is 58.7 cm³/mol. The fourth-order valence-corrected chi connectivity index (χ4v) is 2.18. The smallest absolute Gasteiger partial charge is 0.169 e. The standard InChI is InChI=1S/C10H18N2S/c1-8-3-6-12(7-8)9(13)11-10(2)4-5-10/h8H,3-7H2,1-2H3,(H,11,13). The van der Waals surface area contributed by atoms with Crippen LogP contribution in [-0.4, -0.2) is 28.6 Å². The molecule has 1 saturated carbocycles. The molecule has 3 heteroatoms. The Morgan fingerprint density at radius 2 is 2.23 bits per heavy atom. The maximum atomic E-state index is 5.37. The van der Waals surface area contributed by atoms with Gasteiger partial charge in [-0.3, -0.25) is 0 Å². The zero-order valence-corrected chi connectivity index (χ0v) is 9.28. The van der Waals surface area contributed by atoms with Crippen molar-refractivity contribution >= 4 is 17.3 Å². The fourth-order valence-electron chi connectivity index (χ4n) is 1.77. The van der Waals surface area contributed by atoms with E-state index in [-0.39, 0.29) is 0 Å². The Hall–Kier alpha value is -0.310. The lowest BCUT2D eigenvalue weighted by Gasteiger charge is -2.23. The molecule has 2 aliphatic rings. The summed E-state index contributed by atoms with van der Waals surface area (Å²) < 4.78 is 0. The highest BCUT2D eigenvalue weighted by Gasteiger charge is 2.38. The van der Waals surface area contributed by atoms with Crippen LogP contribution in [0.5, 0.6) is 0 Å². The average Bonchev–Trinajstić information content (AvgIpc) is 2.62. The highest BCUT2D eigenvalue weighted by molar-refractivity contribution is 7.80. The maximum absolute atomic E-state index is 5.37. The third-order valence-corrected chi connectivity index (χ3v) is 3.48. The molecule has 0 aromatic heterocycles. The van der Waals surface area contributed by atoms with E-state index in [1.165, 1.54) is 19.3 Å². The SMILES string of the molecule is CC1CCN(C(=S)NC2(C)CC2)C1. The van der Waals surface area contributed by atoms with E-state index in [9.17, 15) is 0 Å². The zero-order valence-electron chi connectivity index (χ0n) is 8.47. The Morgan fingerprint density at radius 3 is 2.69 bits per heavy atom. The Balaban J connectivity index is 1.83. The van der Waals surface area contributed by atoms with Gasteiger partial charge in [-0.05, 0) is 44.3 Å². The minimum absolute atomic E-state index is 0.336. The largest absolute Gasteiger partial charge is 0.357 e. The summed E-state index contributed by atoms with van der Waals surface area (Å²) in [4.78, 5) is 2.31. The second-order valence-corrected chi connectivity index (χ2v) is 5.22. The van der Waals surface area contributed by atoms with E-state index >= 15 is 0 Å². The van der Waals surface area contributed by atoms with Crippen LogP contribution in [-0.2, 0) is 0 Å². The third kappa shape index (κ3) is 2.13. The molecular weight excluding hydrogens is 180 g/mol. The van der Waals surface area contributed by atoms with Gasteiger partial charge in [0.2, 0.25) is 0 Å². The lowest BCUT2D eigenvalue weighted by Crippen LogP contribution is -2.43. The molecule has 1 heterocycles. The van der Waals surface area contributed by atoms with Crippen molar-refractivity contribution in [2.24, 2.45) is 5.92 Å². The number of likely N-dealkylation sites (tertiary alicyclic amines) is 1. The quantitative estimate of drug-likeness (QED) is 0.646. The number of hydrogen-bond acceptors (Lipinski definition) is 1. The van der Waals surface area contributed by atoms with Crippen LogP contribution in [0.15, 0.2) is 0 Å².